The molecule has 0 aliphatic carbocycles. The molecule has 3 rings (SSSR count). The van der Waals surface area contributed by atoms with Gasteiger partial charge in [0.25, 0.3) is 0 Å². The lowest BCUT2D eigenvalue weighted by Gasteiger charge is -2.06. The second-order valence-electron chi connectivity index (χ2n) is 4.40. The predicted octanol–water partition coefficient (Wildman–Crippen LogP) is 4.64. The minimum atomic E-state index is -0.486. The van der Waals surface area contributed by atoms with Crippen molar-refractivity contribution in [2.75, 3.05) is 0 Å². The van der Waals surface area contributed by atoms with E-state index < -0.39 is 6.09 Å². The van der Waals surface area contributed by atoms with Crippen LogP contribution in [-0.2, 0) is 11.3 Å². The number of hydrogen-bond donors (Lipinski definition) is 0. The van der Waals surface area contributed by atoms with Crippen molar-refractivity contribution in [3.8, 4) is 0 Å². The molecule has 0 amide bonds. The number of rotatable bonds is 2. The van der Waals surface area contributed by atoms with Gasteiger partial charge in [-0.15, -0.1) is 0 Å². The Morgan fingerprint density at radius 3 is 2.81 bits per heavy atom. The first kappa shape index (κ1) is 14.1. The molecule has 0 atom stereocenters. The van der Waals surface area contributed by atoms with Crippen LogP contribution in [0.3, 0.4) is 0 Å². The highest BCUT2D eigenvalue weighted by Gasteiger charge is 2.13. The van der Waals surface area contributed by atoms with Crippen molar-refractivity contribution in [1.29, 1.82) is 0 Å². The summed E-state index contributed by atoms with van der Waals surface area (Å²) in [4.78, 5) is 16.3. The third kappa shape index (κ3) is 2.94. The molecule has 3 aromatic rings. The average molecular weight is 366 g/mol. The standard InChI is InChI=1S/C15H10BrClN2O2/c16-12-8-11-6-7-19(14(11)18-13(12)17)15(20)21-9-10-4-2-1-3-5-10/h1-8H,9H2. The van der Waals surface area contributed by atoms with Gasteiger partial charge in [-0.25, -0.2) is 14.3 Å². The summed E-state index contributed by atoms with van der Waals surface area (Å²) in [6.07, 6.45) is 1.13. The molecule has 0 fully saturated rings. The fourth-order valence-corrected chi connectivity index (χ4v) is 2.42. The number of nitrogens with zero attached hydrogens (tertiary/aromatic N) is 2. The molecule has 0 radical (unpaired) electrons. The summed E-state index contributed by atoms with van der Waals surface area (Å²) >= 11 is 9.27. The lowest BCUT2D eigenvalue weighted by Crippen LogP contribution is -2.13. The number of aromatic nitrogens is 2. The second-order valence-corrected chi connectivity index (χ2v) is 5.61. The molecular weight excluding hydrogens is 356 g/mol. The zero-order valence-electron chi connectivity index (χ0n) is 10.8. The van der Waals surface area contributed by atoms with Crippen molar-refractivity contribution in [2.45, 2.75) is 6.61 Å². The second kappa shape index (κ2) is 5.87. The van der Waals surface area contributed by atoms with Crippen molar-refractivity contribution < 1.29 is 9.53 Å². The summed E-state index contributed by atoms with van der Waals surface area (Å²) < 4.78 is 7.31. The molecule has 0 aliphatic heterocycles. The minimum Gasteiger partial charge on any atom is -0.444 e. The van der Waals surface area contributed by atoms with E-state index in [1.165, 1.54) is 4.57 Å². The molecule has 0 spiro atoms. The van der Waals surface area contributed by atoms with E-state index in [2.05, 4.69) is 20.9 Å². The van der Waals surface area contributed by atoms with Crippen LogP contribution < -0.4 is 0 Å². The number of benzene rings is 1. The zero-order chi connectivity index (χ0) is 14.8. The van der Waals surface area contributed by atoms with E-state index in [0.717, 1.165) is 10.9 Å². The Bertz CT molecular complexity index is 802. The van der Waals surface area contributed by atoms with Gasteiger partial charge in [0.1, 0.15) is 11.8 Å². The molecule has 4 nitrogen and oxygen atoms in total. The van der Waals surface area contributed by atoms with E-state index >= 15 is 0 Å². The number of halogens is 2. The molecule has 6 heteroatoms. The Morgan fingerprint density at radius 2 is 2.05 bits per heavy atom. The van der Waals surface area contributed by atoms with Crippen LogP contribution in [0.1, 0.15) is 5.56 Å². The molecule has 2 aromatic heterocycles. The fraction of sp³-hybridized carbons (Fsp3) is 0.0667. The molecule has 0 unspecified atom stereocenters. The lowest BCUT2D eigenvalue weighted by molar-refractivity contribution is 0.142. The lowest BCUT2D eigenvalue weighted by atomic mass is 10.2. The molecular formula is C15H10BrClN2O2. The first-order valence-corrected chi connectivity index (χ1v) is 7.36. The SMILES string of the molecule is O=C(OCc1ccccc1)n1ccc2cc(Br)c(Cl)nc21. The third-order valence-electron chi connectivity index (χ3n) is 2.97. The Hall–Kier alpha value is -1.85. The van der Waals surface area contributed by atoms with Gasteiger partial charge in [-0.2, -0.15) is 0 Å². The van der Waals surface area contributed by atoms with Gasteiger partial charge in [-0.05, 0) is 33.6 Å². The Kier molecular flexibility index (Phi) is 3.94. The van der Waals surface area contributed by atoms with Crippen molar-refractivity contribution in [2.24, 2.45) is 0 Å². The molecule has 21 heavy (non-hydrogen) atoms. The third-order valence-corrected chi connectivity index (χ3v) is 4.10. The average Bonchev–Trinajstić information content (AvgIpc) is 2.89. The van der Waals surface area contributed by atoms with Crippen molar-refractivity contribution >= 4 is 44.7 Å². The summed E-state index contributed by atoms with van der Waals surface area (Å²) in [7, 11) is 0. The van der Waals surface area contributed by atoms with Crippen LogP contribution in [0.4, 0.5) is 4.79 Å². The highest BCUT2D eigenvalue weighted by Crippen LogP contribution is 2.25. The van der Waals surface area contributed by atoms with Gasteiger partial charge in [0, 0.05) is 11.6 Å². The number of fused-ring (bicyclic) bond motifs is 1. The smallest absolute Gasteiger partial charge is 0.420 e. The number of pyridine rings is 1. The summed E-state index contributed by atoms with van der Waals surface area (Å²) in [5.41, 5.74) is 1.40. The van der Waals surface area contributed by atoms with Crippen LogP contribution in [0.2, 0.25) is 5.15 Å². The van der Waals surface area contributed by atoms with E-state index in [1.807, 2.05) is 36.4 Å². The van der Waals surface area contributed by atoms with E-state index in [9.17, 15) is 4.79 Å². The van der Waals surface area contributed by atoms with Crippen LogP contribution in [0.15, 0.2) is 53.1 Å². The van der Waals surface area contributed by atoms with E-state index in [-0.39, 0.29) is 6.61 Å². The first-order chi connectivity index (χ1) is 10.1. The number of ether oxygens (including phenoxy) is 1. The minimum absolute atomic E-state index is 0.212. The van der Waals surface area contributed by atoms with Gasteiger partial charge in [-0.3, -0.25) is 0 Å². The zero-order valence-corrected chi connectivity index (χ0v) is 13.1. The van der Waals surface area contributed by atoms with Gasteiger partial charge in [0.2, 0.25) is 0 Å². The van der Waals surface area contributed by atoms with Gasteiger partial charge >= 0.3 is 6.09 Å². The van der Waals surface area contributed by atoms with Crippen LogP contribution in [0.5, 0.6) is 0 Å². The Morgan fingerprint density at radius 1 is 1.29 bits per heavy atom. The maximum absolute atomic E-state index is 12.1. The van der Waals surface area contributed by atoms with Crippen molar-refractivity contribution in [3.63, 3.8) is 0 Å². The summed E-state index contributed by atoms with van der Waals surface area (Å²) in [5.74, 6) is 0. The van der Waals surface area contributed by atoms with E-state index in [0.29, 0.717) is 15.3 Å². The van der Waals surface area contributed by atoms with E-state index in [1.54, 1.807) is 12.3 Å². The van der Waals surface area contributed by atoms with Gasteiger partial charge in [-0.1, -0.05) is 41.9 Å². The van der Waals surface area contributed by atoms with Crippen molar-refractivity contribution in [1.82, 2.24) is 9.55 Å². The molecule has 0 saturated heterocycles. The molecule has 0 bridgehead atoms. The number of carbonyl (C=O) groups is 1. The Labute approximate surface area is 134 Å². The largest absolute Gasteiger partial charge is 0.444 e. The number of carbonyl (C=O) groups excluding carboxylic acids is 1. The summed E-state index contributed by atoms with van der Waals surface area (Å²) in [6, 6.07) is 13.1. The van der Waals surface area contributed by atoms with Crippen LogP contribution >= 0.6 is 27.5 Å². The molecule has 106 valence electrons. The number of hydrogen-bond acceptors (Lipinski definition) is 3. The van der Waals surface area contributed by atoms with Gasteiger partial charge < -0.3 is 4.74 Å². The topological polar surface area (TPSA) is 44.1 Å². The molecule has 0 N–H and O–H groups in total. The normalized spacial score (nSPS) is 10.8. The summed E-state index contributed by atoms with van der Waals surface area (Å²) in [6.45, 7) is 0.212. The molecule has 0 saturated carbocycles. The monoisotopic (exact) mass is 364 g/mol. The van der Waals surface area contributed by atoms with Crippen LogP contribution in [-0.4, -0.2) is 15.6 Å². The molecule has 0 aliphatic rings. The van der Waals surface area contributed by atoms with Crippen LogP contribution in [0.25, 0.3) is 11.0 Å². The fourth-order valence-electron chi connectivity index (χ4n) is 1.95. The van der Waals surface area contributed by atoms with Gasteiger partial charge in [0.05, 0.1) is 4.47 Å². The van der Waals surface area contributed by atoms with Crippen LogP contribution in [0, 0.1) is 0 Å². The molecule has 2 heterocycles. The Balaban J connectivity index is 1.83. The van der Waals surface area contributed by atoms with E-state index in [4.69, 9.17) is 16.3 Å². The molecule has 1 aromatic carbocycles. The quantitative estimate of drug-likeness (QED) is 0.622. The maximum atomic E-state index is 12.1. The van der Waals surface area contributed by atoms with Crippen molar-refractivity contribution in [3.05, 3.63) is 63.9 Å². The van der Waals surface area contributed by atoms with Gasteiger partial charge in [0.15, 0.2) is 5.65 Å². The highest BCUT2D eigenvalue weighted by molar-refractivity contribution is 9.10. The predicted molar refractivity (Wildman–Crippen MR) is 84.5 cm³/mol. The summed E-state index contributed by atoms with van der Waals surface area (Å²) in [5, 5.41) is 1.11. The highest BCUT2D eigenvalue weighted by atomic mass is 79.9. The maximum Gasteiger partial charge on any atom is 0.420 e. The first-order valence-electron chi connectivity index (χ1n) is 6.19.